The molecule has 1 atom stereocenters. The second kappa shape index (κ2) is 7.44. The first kappa shape index (κ1) is 18.6. The number of rotatable bonds is 5. The Bertz CT molecular complexity index is 589. The van der Waals surface area contributed by atoms with Gasteiger partial charge in [0.15, 0.2) is 0 Å². The summed E-state index contributed by atoms with van der Waals surface area (Å²) in [7, 11) is 3.43. The molecule has 7 heteroatoms. The molecule has 1 amide bonds. The van der Waals surface area contributed by atoms with Crippen molar-refractivity contribution >= 4 is 11.9 Å². The third-order valence-electron chi connectivity index (χ3n) is 4.00. The van der Waals surface area contributed by atoms with Crippen LogP contribution in [0.3, 0.4) is 0 Å². The van der Waals surface area contributed by atoms with Crippen molar-refractivity contribution < 1.29 is 14.3 Å². The number of hydrogen-bond donors (Lipinski definition) is 0. The number of anilines is 1. The Kier molecular flexibility index (Phi) is 5.77. The van der Waals surface area contributed by atoms with Gasteiger partial charge in [-0.05, 0) is 33.3 Å². The van der Waals surface area contributed by atoms with E-state index < -0.39 is 0 Å². The second-order valence-electron chi connectivity index (χ2n) is 7.12. The van der Waals surface area contributed by atoms with Crippen LogP contribution in [0, 0.1) is 13.8 Å². The highest BCUT2D eigenvalue weighted by atomic mass is 16.6. The summed E-state index contributed by atoms with van der Waals surface area (Å²) in [6.45, 7) is 9.85. The lowest BCUT2D eigenvalue weighted by molar-refractivity contribution is -0.139. The molecule has 1 unspecified atom stereocenters. The van der Waals surface area contributed by atoms with E-state index in [1.54, 1.807) is 14.1 Å². The molecule has 0 saturated carbocycles. The van der Waals surface area contributed by atoms with Gasteiger partial charge in [0.25, 0.3) is 0 Å². The van der Waals surface area contributed by atoms with Crippen molar-refractivity contribution in [2.45, 2.75) is 39.4 Å². The fourth-order valence-corrected chi connectivity index (χ4v) is 2.61. The van der Waals surface area contributed by atoms with Crippen molar-refractivity contribution in [3.05, 3.63) is 17.5 Å². The molecule has 1 aromatic rings. The maximum Gasteiger partial charge on any atom is 0.248 e. The minimum atomic E-state index is -0.333. The van der Waals surface area contributed by atoms with Crippen molar-refractivity contribution in [1.82, 2.24) is 14.9 Å². The van der Waals surface area contributed by atoms with Crippen LogP contribution in [0.25, 0.3) is 0 Å². The summed E-state index contributed by atoms with van der Waals surface area (Å²) in [5.74, 6) is 0.656. The quantitative estimate of drug-likeness (QED) is 0.804. The van der Waals surface area contributed by atoms with E-state index in [1.807, 2.05) is 33.9 Å². The van der Waals surface area contributed by atoms with Gasteiger partial charge >= 0.3 is 0 Å². The van der Waals surface area contributed by atoms with E-state index in [4.69, 9.17) is 9.47 Å². The number of hydrogen-bond acceptors (Lipinski definition) is 6. The average Bonchev–Trinajstić information content (AvgIpc) is 2.48. The number of ether oxygens (including phenoxy) is 2. The lowest BCUT2D eigenvalue weighted by atomic mass is 10.1. The number of aryl methyl sites for hydroxylation is 2. The Morgan fingerprint density at radius 1 is 1.46 bits per heavy atom. The van der Waals surface area contributed by atoms with E-state index in [-0.39, 0.29) is 24.2 Å². The third-order valence-corrected chi connectivity index (χ3v) is 4.00. The van der Waals surface area contributed by atoms with Crippen LogP contribution < -0.4 is 4.90 Å². The molecule has 7 nitrogen and oxygen atoms in total. The summed E-state index contributed by atoms with van der Waals surface area (Å²) in [5.41, 5.74) is 1.72. The van der Waals surface area contributed by atoms with E-state index in [1.165, 1.54) is 4.90 Å². The van der Waals surface area contributed by atoms with Crippen LogP contribution in [0.2, 0.25) is 0 Å². The Hall–Kier alpha value is -1.73. The number of carbonyl (C=O) groups excluding carboxylic acids is 1. The number of aromatic nitrogens is 2. The lowest BCUT2D eigenvalue weighted by Crippen LogP contribution is -2.54. The summed E-state index contributed by atoms with van der Waals surface area (Å²) in [4.78, 5) is 24.3. The molecule has 1 aliphatic heterocycles. The Balaban J connectivity index is 2.01. The van der Waals surface area contributed by atoms with Crippen molar-refractivity contribution in [2.75, 3.05) is 45.3 Å². The van der Waals surface area contributed by atoms with E-state index in [2.05, 4.69) is 14.9 Å². The van der Waals surface area contributed by atoms with Crippen molar-refractivity contribution in [3.8, 4) is 0 Å². The summed E-state index contributed by atoms with van der Waals surface area (Å²) in [6, 6.07) is 0. The highest BCUT2D eigenvalue weighted by molar-refractivity contribution is 5.76. The van der Waals surface area contributed by atoms with Gasteiger partial charge in [-0.1, -0.05) is 0 Å². The van der Waals surface area contributed by atoms with E-state index >= 15 is 0 Å². The monoisotopic (exact) mass is 336 g/mol. The SMILES string of the molecule is Cc1cnc(N2CC(COCC(=O)N(C)C)OC(C)(C)C2)nc1C. The molecule has 24 heavy (non-hydrogen) atoms. The maximum absolute atomic E-state index is 11.6. The molecule has 0 aliphatic carbocycles. The first-order valence-corrected chi connectivity index (χ1v) is 8.19. The largest absolute Gasteiger partial charge is 0.369 e. The van der Waals surface area contributed by atoms with Crippen LogP contribution in [-0.4, -0.2) is 72.9 Å². The molecule has 0 bridgehead atoms. The van der Waals surface area contributed by atoms with Gasteiger partial charge in [0, 0.05) is 39.1 Å². The second-order valence-corrected chi connectivity index (χ2v) is 7.12. The summed E-state index contributed by atoms with van der Waals surface area (Å²) >= 11 is 0. The average molecular weight is 336 g/mol. The number of amides is 1. The zero-order chi connectivity index (χ0) is 17.9. The molecule has 0 N–H and O–H groups in total. The fraction of sp³-hybridized carbons (Fsp3) is 0.706. The summed E-state index contributed by atoms with van der Waals surface area (Å²) in [5, 5.41) is 0. The summed E-state index contributed by atoms with van der Waals surface area (Å²) < 4.78 is 11.6. The molecule has 0 aromatic carbocycles. The third kappa shape index (κ3) is 4.88. The van der Waals surface area contributed by atoms with E-state index in [9.17, 15) is 4.79 Å². The number of likely N-dealkylation sites (N-methyl/N-ethyl adjacent to an activating group) is 1. The normalized spacial score (nSPS) is 20.1. The molecule has 1 aromatic heterocycles. The molecule has 2 heterocycles. The fourth-order valence-electron chi connectivity index (χ4n) is 2.61. The van der Waals surface area contributed by atoms with Crippen LogP contribution in [0.4, 0.5) is 5.95 Å². The highest BCUT2D eigenvalue weighted by Crippen LogP contribution is 2.24. The molecule has 1 aliphatic rings. The van der Waals surface area contributed by atoms with Crippen molar-refractivity contribution in [1.29, 1.82) is 0 Å². The Morgan fingerprint density at radius 2 is 2.17 bits per heavy atom. The predicted octanol–water partition coefficient (Wildman–Crippen LogP) is 1.18. The van der Waals surface area contributed by atoms with Gasteiger partial charge in [-0.25, -0.2) is 9.97 Å². The molecule has 2 rings (SSSR count). The predicted molar refractivity (Wildman–Crippen MR) is 92.2 cm³/mol. The van der Waals surface area contributed by atoms with Crippen LogP contribution in [0.15, 0.2) is 6.20 Å². The van der Waals surface area contributed by atoms with E-state index in [0.29, 0.717) is 25.6 Å². The molecular formula is C17H28N4O3. The number of nitrogens with zero attached hydrogens (tertiary/aromatic N) is 4. The topological polar surface area (TPSA) is 67.8 Å². The minimum Gasteiger partial charge on any atom is -0.369 e. The lowest BCUT2D eigenvalue weighted by Gasteiger charge is -2.42. The van der Waals surface area contributed by atoms with Gasteiger partial charge in [-0.3, -0.25) is 4.79 Å². The zero-order valence-electron chi connectivity index (χ0n) is 15.5. The molecule has 0 radical (unpaired) electrons. The van der Waals surface area contributed by atoms with Crippen molar-refractivity contribution in [2.24, 2.45) is 0 Å². The Labute approximate surface area is 144 Å². The molecule has 0 spiro atoms. The number of morpholine rings is 1. The Morgan fingerprint density at radius 3 is 2.79 bits per heavy atom. The molecule has 1 fully saturated rings. The maximum atomic E-state index is 11.6. The smallest absolute Gasteiger partial charge is 0.248 e. The van der Waals surface area contributed by atoms with Crippen LogP contribution in [0.1, 0.15) is 25.1 Å². The van der Waals surface area contributed by atoms with Crippen molar-refractivity contribution in [3.63, 3.8) is 0 Å². The standard InChI is InChI=1S/C17H28N4O3/c1-12-7-18-16(19-13(12)2)21-8-14(24-17(3,4)11-21)9-23-10-15(22)20(5)6/h7,14H,8-11H2,1-6H3. The molecule has 1 saturated heterocycles. The van der Waals surface area contributed by atoms with Crippen LogP contribution in [0.5, 0.6) is 0 Å². The van der Waals surface area contributed by atoms with Gasteiger partial charge in [-0.2, -0.15) is 0 Å². The first-order valence-electron chi connectivity index (χ1n) is 8.19. The zero-order valence-corrected chi connectivity index (χ0v) is 15.5. The first-order chi connectivity index (χ1) is 11.2. The van der Waals surface area contributed by atoms with Gasteiger partial charge in [0.05, 0.1) is 18.3 Å². The minimum absolute atomic E-state index is 0.0561. The van der Waals surface area contributed by atoms with Gasteiger partial charge in [0.1, 0.15) is 6.61 Å². The molecular weight excluding hydrogens is 308 g/mol. The van der Waals surface area contributed by atoms with Gasteiger partial charge < -0.3 is 19.3 Å². The van der Waals surface area contributed by atoms with Gasteiger partial charge in [-0.15, -0.1) is 0 Å². The van der Waals surface area contributed by atoms with E-state index in [0.717, 1.165) is 11.3 Å². The van der Waals surface area contributed by atoms with Crippen LogP contribution >= 0.6 is 0 Å². The highest BCUT2D eigenvalue weighted by Gasteiger charge is 2.34. The van der Waals surface area contributed by atoms with Gasteiger partial charge in [0.2, 0.25) is 11.9 Å². The van der Waals surface area contributed by atoms with Crippen LogP contribution in [-0.2, 0) is 14.3 Å². The number of carbonyl (C=O) groups is 1. The summed E-state index contributed by atoms with van der Waals surface area (Å²) in [6.07, 6.45) is 1.72. The molecule has 134 valence electrons.